The summed E-state index contributed by atoms with van der Waals surface area (Å²) >= 11 is 0. The number of fused-ring (bicyclic) bond motifs is 1. The second-order valence-electron chi connectivity index (χ2n) is 6.21. The summed E-state index contributed by atoms with van der Waals surface area (Å²) in [5, 5.41) is 4.33. The number of aromatic nitrogens is 6. The van der Waals surface area contributed by atoms with Crippen LogP contribution >= 0.6 is 0 Å². The maximum Gasteiger partial charge on any atom is 0.330 e. The van der Waals surface area contributed by atoms with E-state index in [9.17, 15) is 9.59 Å². The minimum absolute atomic E-state index is 0.212. The fourth-order valence-corrected chi connectivity index (χ4v) is 2.93. The van der Waals surface area contributed by atoms with Gasteiger partial charge in [0.1, 0.15) is 17.8 Å². The Hall–Kier alpha value is -3.88. The molecule has 0 spiro atoms. The summed E-state index contributed by atoms with van der Waals surface area (Å²) < 4.78 is 8.68. The van der Waals surface area contributed by atoms with Crippen LogP contribution in [0.15, 0.2) is 58.6 Å². The van der Waals surface area contributed by atoms with E-state index in [0.717, 1.165) is 5.56 Å². The van der Waals surface area contributed by atoms with Gasteiger partial charge >= 0.3 is 5.69 Å². The minimum Gasteiger partial charge on any atom is -0.472 e. The Kier molecular flexibility index (Phi) is 4.40. The quantitative estimate of drug-likeness (QED) is 0.495. The molecule has 0 saturated carbocycles. The van der Waals surface area contributed by atoms with Crippen molar-refractivity contribution < 1.29 is 4.74 Å². The van der Waals surface area contributed by atoms with E-state index < -0.39 is 11.2 Å². The van der Waals surface area contributed by atoms with Gasteiger partial charge in [0.05, 0.1) is 0 Å². The second-order valence-corrected chi connectivity index (χ2v) is 6.21. The molecule has 4 rings (SSSR count). The van der Waals surface area contributed by atoms with E-state index in [1.165, 1.54) is 4.57 Å². The number of imidazole rings is 1. The Labute approximate surface area is 158 Å². The second kappa shape index (κ2) is 7.03. The molecule has 142 valence electrons. The standard InChI is InChI=1S/C19H18N6O3/c1-3-9-25-17-15(18(26)22-19(25)27)20-16(21-17)13-10-14(23-24(13)2)28-11-12-7-5-4-6-8-12/h3-8,10H,1,9,11H2,2H3,(H,20,21)(H,22,26,27). The monoisotopic (exact) mass is 378 g/mol. The number of allylic oxidation sites excluding steroid dienone is 1. The summed E-state index contributed by atoms with van der Waals surface area (Å²) in [5.74, 6) is 0.840. The average molecular weight is 378 g/mol. The van der Waals surface area contributed by atoms with Gasteiger partial charge in [0.25, 0.3) is 5.56 Å². The number of nitrogens with one attached hydrogen (secondary N) is 2. The van der Waals surface area contributed by atoms with Crippen LogP contribution in [0.4, 0.5) is 0 Å². The smallest absolute Gasteiger partial charge is 0.330 e. The number of hydrogen-bond acceptors (Lipinski definition) is 5. The molecular formula is C19H18N6O3. The third kappa shape index (κ3) is 3.13. The van der Waals surface area contributed by atoms with Crippen LogP contribution in [0.2, 0.25) is 0 Å². The van der Waals surface area contributed by atoms with Gasteiger partial charge in [0.2, 0.25) is 5.88 Å². The van der Waals surface area contributed by atoms with Crippen LogP contribution in [0.3, 0.4) is 0 Å². The number of aromatic amines is 2. The first-order valence-electron chi connectivity index (χ1n) is 8.61. The lowest BCUT2D eigenvalue weighted by atomic mass is 10.2. The molecule has 0 unspecified atom stereocenters. The summed E-state index contributed by atoms with van der Waals surface area (Å²) in [7, 11) is 1.75. The van der Waals surface area contributed by atoms with Crippen molar-refractivity contribution in [2.75, 3.05) is 0 Å². The van der Waals surface area contributed by atoms with Crippen LogP contribution in [0, 0.1) is 0 Å². The van der Waals surface area contributed by atoms with Crippen molar-refractivity contribution in [2.45, 2.75) is 13.2 Å². The van der Waals surface area contributed by atoms with Crippen molar-refractivity contribution in [3.63, 3.8) is 0 Å². The molecule has 1 aromatic carbocycles. The summed E-state index contributed by atoms with van der Waals surface area (Å²) in [5.41, 5.74) is 1.06. The number of hydrogen-bond donors (Lipinski definition) is 2. The Morgan fingerprint density at radius 1 is 1.21 bits per heavy atom. The van der Waals surface area contributed by atoms with Crippen molar-refractivity contribution in [3.8, 4) is 17.4 Å². The zero-order chi connectivity index (χ0) is 19.7. The minimum atomic E-state index is -0.535. The summed E-state index contributed by atoms with van der Waals surface area (Å²) in [6.07, 6.45) is 1.56. The number of H-pyrrole nitrogens is 2. The van der Waals surface area contributed by atoms with Gasteiger partial charge in [-0.3, -0.25) is 19.0 Å². The Morgan fingerprint density at radius 3 is 2.75 bits per heavy atom. The van der Waals surface area contributed by atoms with Gasteiger partial charge in [-0.25, -0.2) is 9.78 Å². The number of nitrogens with zero attached hydrogens (tertiary/aromatic N) is 4. The van der Waals surface area contributed by atoms with Gasteiger partial charge in [-0.1, -0.05) is 36.4 Å². The predicted molar refractivity (Wildman–Crippen MR) is 104 cm³/mol. The van der Waals surface area contributed by atoms with Gasteiger partial charge in [0.15, 0.2) is 11.5 Å². The molecular weight excluding hydrogens is 360 g/mol. The van der Waals surface area contributed by atoms with Gasteiger partial charge in [-0.15, -0.1) is 11.7 Å². The van der Waals surface area contributed by atoms with Crippen LogP contribution in [0.25, 0.3) is 22.7 Å². The molecule has 2 N–H and O–H groups in total. The van der Waals surface area contributed by atoms with Crippen molar-refractivity contribution in [1.29, 1.82) is 0 Å². The zero-order valence-corrected chi connectivity index (χ0v) is 15.2. The highest BCUT2D eigenvalue weighted by molar-refractivity contribution is 5.74. The van der Waals surface area contributed by atoms with Gasteiger partial charge in [-0.2, -0.15) is 0 Å². The molecule has 0 atom stereocenters. The first-order chi connectivity index (χ1) is 13.6. The van der Waals surface area contributed by atoms with Gasteiger partial charge < -0.3 is 9.72 Å². The van der Waals surface area contributed by atoms with E-state index in [-0.39, 0.29) is 17.7 Å². The molecule has 0 aliphatic heterocycles. The van der Waals surface area contributed by atoms with E-state index in [1.807, 2.05) is 30.3 Å². The Morgan fingerprint density at radius 2 is 2.00 bits per heavy atom. The number of rotatable bonds is 6. The fourth-order valence-electron chi connectivity index (χ4n) is 2.93. The van der Waals surface area contributed by atoms with Crippen LogP contribution < -0.4 is 16.0 Å². The molecule has 0 radical (unpaired) electrons. The maximum atomic E-state index is 12.1. The van der Waals surface area contributed by atoms with Crippen molar-refractivity contribution >= 4 is 11.2 Å². The zero-order valence-electron chi connectivity index (χ0n) is 15.2. The van der Waals surface area contributed by atoms with Crippen LogP contribution in [0.1, 0.15) is 5.56 Å². The molecule has 0 saturated heterocycles. The third-order valence-corrected chi connectivity index (χ3v) is 4.27. The summed E-state index contributed by atoms with van der Waals surface area (Å²) in [6.45, 7) is 4.25. The predicted octanol–water partition coefficient (Wildman–Crippen LogP) is 1.58. The molecule has 3 aromatic heterocycles. The van der Waals surface area contributed by atoms with E-state index in [2.05, 4.69) is 26.6 Å². The van der Waals surface area contributed by atoms with E-state index in [1.54, 1.807) is 23.9 Å². The maximum absolute atomic E-state index is 12.1. The first kappa shape index (κ1) is 17.5. The molecule has 3 heterocycles. The Bertz CT molecular complexity index is 1260. The third-order valence-electron chi connectivity index (χ3n) is 4.27. The highest BCUT2D eigenvalue weighted by atomic mass is 16.5. The van der Waals surface area contributed by atoms with Gasteiger partial charge in [0, 0.05) is 19.7 Å². The topological polar surface area (TPSA) is 111 Å². The molecule has 9 nitrogen and oxygen atoms in total. The molecule has 0 amide bonds. The number of ether oxygens (including phenoxy) is 1. The summed E-state index contributed by atoms with van der Waals surface area (Å²) in [4.78, 5) is 33.9. The normalized spacial score (nSPS) is 11.0. The molecule has 9 heteroatoms. The SMILES string of the molecule is C=CCn1c(=O)[nH]c(=O)c2[nH]c(-c3cc(OCc4ccccc4)nn3C)nc21. The number of aryl methyl sites for hydroxylation is 1. The fraction of sp³-hybridized carbons (Fsp3) is 0.158. The van der Waals surface area contributed by atoms with E-state index in [0.29, 0.717) is 24.0 Å². The molecule has 28 heavy (non-hydrogen) atoms. The number of benzene rings is 1. The highest BCUT2D eigenvalue weighted by Crippen LogP contribution is 2.22. The van der Waals surface area contributed by atoms with E-state index >= 15 is 0 Å². The molecule has 0 aliphatic rings. The molecule has 0 aliphatic carbocycles. The van der Waals surface area contributed by atoms with Crippen LogP contribution in [0.5, 0.6) is 5.88 Å². The first-order valence-corrected chi connectivity index (χ1v) is 8.61. The van der Waals surface area contributed by atoms with Crippen molar-refractivity contribution in [3.05, 3.63) is 75.5 Å². The average Bonchev–Trinajstić information content (AvgIpc) is 3.28. The molecule has 0 fully saturated rings. The van der Waals surface area contributed by atoms with E-state index in [4.69, 9.17) is 4.74 Å². The Balaban J connectivity index is 1.70. The van der Waals surface area contributed by atoms with Crippen LogP contribution in [-0.2, 0) is 20.2 Å². The summed E-state index contributed by atoms with van der Waals surface area (Å²) in [6, 6.07) is 11.5. The highest BCUT2D eigenvalue weighted by Gasteiger charge is 2.17. The lowest BCUT2D eigenvalue weighted by molar-refractivity contribution is 0.291. The molecule has 0 bridgehead atoms. The van der Waals surface area contributed by atoms with Crippen molar-refractivity contribution in [1.82, 2.24) is 29.3 Å². The lowest BCUT2D eigenvalue weighted by Crippen LogP contribution is -2.30. The van der Waals surface area contributed by atoms with Crippen LogP contribution in [-0.4, -0.2) is 29.3 Å². The van der Waals surface area contributed by atoms with Crippen molar-refractivity contribution in [2.24, 2.45) is 7.05 Å². The lowest BCUT2D eigenvalue weighted by Gasteiger charge is -2.01. The molecule has 4 aromatic rings. The van der Waals surface area contributed by atoms with Gasteiger partial charge in [-0.05, 0) is 5.56 Å². The largest absolute Gasteiger partial charge is 0.472 e.